The zero-order valence-electron chi connectivity index (χ0n) is 31.9. The fourth-order valence-electron chi connectivity index (χ4n) is 7.60. The minimum atomic E-state index is 1.13. The third kappa shape index (κ3) is 7.62. The molecule has 0 fully saturated rings. The molecule has 0 unspecified atom stereocenters. The van der Waals surface area contributed by atoms with E-state index in [-0.39, 0.29) is 0 Å². The molecule has 0 heterocycles. The van der Waals surface area contributed by atoms with Gasteiger partial charge in [0.15, 0.2) is 0 Å². The first-order valence-corrected chi connectivity index (χ1v) is 19.5. The Morgan fingerprint density at radius 3 is 1.21 bits per heavy atom. The summed E-state index contributed by atoms with van der Waals surface area (Å²) in [7, 11) is 0. The fourth-order valence-corrected chi connectivity index (χ4v) is 7.60. The lowest BCUT2D eigenvalue weighted by Gasteiger charge is -2.28. The van der Waals surface area contributed by atoms with Gasteiger partial charge in [0.1, 0.15) is 0 Å². The summed E-state index contributed by atoms with van der Waals surface area (Å²) in [4.78, 5) is 4.67. The summed E-state index contributed by atoms with van der Waals surface area (Å²) in [5, 5.41) is 2.46. The Morgan fingerprint density at radius 1 is 0.298 bits per heavy atom. The van der Waals surface area contributed by atoms with E-state index in [2.05, 4.69) is 253 Å². The zero-order chi connectivity index (χ0) is 38.4. The Morgan fingerprint density at radius 2 is 0.684 bits per heavy atom. The smallest absolute Gasteiger partial charge is 0.0540 e. The van der Waals surface area contributed by atoms with Crippen molar-refractivity contribution in [2.75, 3.05) is 9.80 Å². The highest BCUT2D eigenvalue weighted by atomic mass is 15.1. The van der Waals surface area contributed by atoms with Gasteiger partial charge in [-0.3, -0.25) is 0 Å². The minimum Gasteiger partial charge on any atom is -0.311 e. The van der Waals surface area contributed by atoms with Gasteiger partial charge in [0.2, 0.25) is 0 Å². The molecule has 2 heteroatoms. The predicted octanol–water partition coefficient (Wildman–Crippen LogP) is 15.6. The lowest BCUT2D eigenvalue weighted by atomic mass is 10.0. The second-order valence-electron chi connectivity index (χ2n) is 14.3. The summed E-state index contributed by atoms with van der Waals surface area (Å²) < 4.78 is 0. The molecule has 0 saturated heterocycles. The van der Waals surface area contributed by atoms with Crippen LogP contribution in [0.1, 0.15) is 16.7 Å². The van der Waals surface area contributed by atoms with Crippen LogP contribution in [0.15, 0.2) is 224 Å². The molecule has 9 aromatic rings. The number of anilines is 6. The Balaban J connectivity index is 0.895. The zero-order valence-corrected chi connectivity index (χ0v) is 31.9. The molecule has 0 radical (unpaired) electrons. The van der Waals surface area contributed by atoms with E-state index in [0.29, 0.717) is 0 Å². The SMILES string of the molecule is Cc1ccccc1N(c1ccc(-c2ccc(C=Cc3ccc(-c4ccc(N(c5ccccc5)c5ccccc5)cc4)cc3)cc2)cc1)c1cccc2ccccc12. The topological polar surface area (TPSA) is 6.48 Å². The largest absolute Gasteiger partial charge is 0.311 e. The molecule has 0 aliphatic heterocycles. The predicted molar refractivity (Wildman–Crippen MR) is 244 cm³/mol. The van der Waals surface area contributed by atoms with E-state index < -0.39 is 0 Å². The molecule has 272 valence electrons. The number of para-hydroxylation sites is 3. The molecule has 0 saturated carbocycles. The van der Waals surface area contributed by atoms with Crippen LogP contribution in [0.3, 0.4) is 0 Å². The minimum absolute atomic E-state index is 1.13. The van der Waals surface area contributed by atoms with Gasteiger partial charge in [-0.2, -0.15) is 0 Å². The number of nitrogens with zero attached hydrogens (tertiary/aromatic N) is 2. The van der Waals surface area contributed by atoms with Crippen molar-refractivity contribution in [2.24, 2.45) is 0 Å². The standard InChI is InChI=1S/C55H42N2/c1-41-13-8-11-21-54(41)57(55-22-12-15-48-14-9-10-20-53(48)55)52-39-35-47(36-40-52)45-31-27-43(28-32-45)24-23-42-25-29-44(30-26-42)46-33-37-51(38-34-46)56(49-16-4-2-5-17-49)50-18-6-3-7-19-50/h2-40H,1H3. The third-order valence-electron chi connectivity index (χ3n) is 10.6. The van der Waals surface area contributed by atoms with Crippen LogP contribution in [0.5, 0.6) is 0 Å². The van der Waals surface area contributed by atoms with Crippen LogP contribution >= 0.6 is 0 Å². The second-order valence-corrected chi connectivity index (χ2v) is 14.3. The van der Waals surface area contributed by atoms with Crippen LogP contribution in [-0.4, -0.2) is 0 Å². The molecule has 0 spiro atoms. The van der Waals surface area contributed by atoms with Gasteiger partial charge in [0.25, 0.3) is 0 Å². The normalized spacial score (nSPS) is 11.2. The van der Waals surface area contributed by atoms with Gasteiger partial charge in [-0.25, -0.2) is 0 Å². The molecular formula is C55H42N2. The Hall–Kier alpha value is -7.42. The van der Waals surface area contributed by atoms with Crippen molar-refractivity contribution in [3.63, 3.8) is 0 Å². The van der Waals surface area contributed by atoms with Gasteiger partial charge in [0.05, 0.1) is 5.69 Å². The Labute approximate surface area is 335 Å². The van der Waals surface area contributed by atoms with Crippen LogP contribution < -0.4 is 9.80 Å². The van der Waals surface area contributed by atoms with Crippen molar-refractivity contribution >= 4 is 57.0 Å². The summed E-state index contributed by atoms with van der Waals surface area (Å²) in [5.41, 5.74) is 15.2. The van der Waals surface area contributed by atoms with Crippen LogP contribution in [0.4, 0.5) is 34.1 Å². The van der Waals surface area contributed by atoms with E-state index in [1.165, 1.54) is 55.5 Å². The highest BCUT2D eigenvalue weighted by molar-refractivity contribution is 5.99. The van der Waals surface area contributed by atoms with Crippen molar-refractivity contribution in [3.8, 4) is 22.3 Å². The lowest BCUT2D eigenvalue weighted by Crippen LogP contribution is -2.11. The summed E-state index contributed by atoms with van der Waals surface area (Å²) in [6.07, 6.45) is 4.37. The van der Waals surface area contributed by atoms with Crippen molar-refractivity contribution in [3.05, 3.63) is 241 Å². The van der Waals surface area contributed by atoms with Crippen LogP contribution in [0, 0.1) is 6.92 Å². The van der Waals surface area contributed by atoms with E-state index in [1.807, 2.05) is 0 Å². The fraction of sp³-hybridized carbons (Fsp3) is 0.0182. The van der Waals surface area contributed by atoms with Crippen LogP contribution in [0.25, 0.3) is 45.2 Å². The molecule has 0 aromatic heterocycles. The maximum Gasteiger partial charge on any atom is 0.0540 e. The molecule has 0 bridgehead atoms. The van der Waals surface area contributed by atoms with Gasteiger partial charge in [-0.1, -0.05) is 176 Å². The van der Waals surface area contributed by atoms with E-state index >= 15 is 0 Å². The molecule has 0 atom stereocenters. The van der Waals surface area contributed by atoms with Gasteiger partial charge in [0, 0.05) is 33.8 Å². The van der Waals surface area contributed by atoms with Gasteiger partial charge >= 0.3 is 0 Å². The lowest BCUT2D eigenvalue weighted by molar-refractivity contribution is 1.26. The number of fused-ring (bicyclic) bond motifs is 1. The molecule has 0 aliphatic rings. The van der Waals surface area contributed by atoms with Crippen LogP contribution in [0.2, 0.25) is 0 Å². The maximum absolute atomic E-state index is 2.38. The Kier molecular flexibility index (Phi) is 9.99. The van der Waals surface area contributed by atoms with Crippen molar-refractivity contribution in [2.45, 2.75) is 6.92 Å². The number of hydrogen-bond acceptors (Lipinski definition) is 2. The quantitative estimate of drug-likeness (QED) is 0.129. The Bertz CT molecular complexity index is 2710. The summed E-state index contributed by atoms with van der Waals surface area (Å²) in [6.45, 7) is 2.18. The molecule has 0 N–H and O–H groups in total. The van der Waals surface area contributed by atoms with Crippen molar-refractivity contribution in [1.29, 1.82) is 0 Å². The molecular weight excluding hydrogens is 689 g/mol. The summed E-state index contributed by atoms with van der Waals surface area (Å²) in [6, 6.07) is 80.1. The van der Waals surface area contributed by atoms with E-state index in [0.717, 1.165) is 28.3 Å². The molecule has 0 aliphatic carbocycles. The van der Waals surface area contributed by atoms with Gasteiger partial charge < -0.3 is 9.80 Å². The first-order chi connectivity index (χ1) is 28.2. The number of benzene rings is 9. The molecule has 57 heavy (non-hydrogen) atoms. The highest BCUT2D eigenvalue weighted by Crippen LogP contribution is 2.41. The van der Waals surface area contributed by atoms with E-state index in [1.54, 1.807) is 0 Å². The van der Waals surface area contributed by atoms with E-state index in [4.69, 9.17) is 0 Å². The highest BCUT2D eigenvalue weighted by Gasteiger charge is 2.17. The van der Waals surface area contributed by atoms with Crippen LogP contribution in [-0.2, 0) is 0 Å². The first-order valence-electron chi connectivity index (χ1n) is 19.5. The first kappa shape index (κ1) is 35.3. The van der Waals surface area contributed by atoms with Gasteiger partial charge in [-0.05, 0) is 112 Å². The molecule has 0 amide bonds. The van der Waals surface area contributed by atoms with Gasteiger partial charge in [-0.15, -0.1) is 0 Å². The number of rotatable bonds is 10. The molecule has 2 nitrogen and oxygen atoms in total. The summed E-state index contributed by atoms with van der Waals surface area (Å²) >= 11 is 0. The maximum atomic E-state index is 2.38. The van der Waals surface area contributed by atoms with Crippen molar-refractivity contribution in [1.82, 2.24) is 0 Å². The summed E-state index contributed by atoms with van der Waals surface area (Å²) in [5.74, 6) is 0. The van der Waals surface area contributed by atoms with E-state index in [9.17, 15) is 0 Å². The molecule has 9 rings (SSSR count). The third-order valence-corrected chi connectivity index (χ3v) is 10.6. The number of aryl methyl sites for hydroxylation is 1. The molecule has 9 aromatic carbocycles. The average molecular weight is 731 g/mol. The average Bonchev–Trinajstić information content (AvgIpc) is 3.28. The van der Waals surface area contributed by atoms with Crippen molar-refractivity contribution < 1.29 is 0 Å². The number of hydrogen-bond donors (Lipinski definition) is 0. The second kappa shape index (κ2) is 16.1. The monoisotopic (exact) mass is 730 g/mol.